The zero-order valence-corrected chi connectivity index (χ0v) is 17.6. The quantitative estimate of drug-likeness (QED) is 0.556. The molecule has 1 aromatic heterocycles. The summed E-state index contributed by atoms with van der Waals surface area (Å²) in [7, 11) is 0. The zero-order chi connectivity index (χ0) is 22.7. The molecule has 32 heavy (non-hydrogen) atoms. The van der Waals surface area contributed by atoms with Crippen LogP contribution in [0.15, 0.2) is 54.6 Å². The van der Waals surface area contributed by atoms with Crippen LogP contribution in [0, 0.1) is 0 Å². The average Bonchev–Trinajstić information content (AvgIpc) is 3.24. The lowest BCUT2D eigenvalue weighted by atomic mass is 10.0. The number of benzene rings is 2. The predicted octanol–water partition coefficient (Wildman–Crippen LogP) is 5.03. The van der Waals surface area contributed by atoms with Crippen molar-refractivity contribution in [1.29, 1.82) is 0 Å². The molecule has 3 aromatic rings. The molecule has 2 N–H and O–H groups in total. The van der Waals surface area contributed by atoms with Gasteiger partial charge in [-0.15, -0.1) is 13.2 Å². The monoisotopic (exact) mass is 464 g/mol. The number of carbonyl (C=O) groups is 1. The molecule has 2 heterocycles. The van der Waals surface area contributed by atoms with E-state index in [-0.39, 0.29) is 23.3 Å². The molecule has 1 aliphatic rings. The highest BCUT2D eigenvalue weighted by molar-refractivity contribution is 6.30. The largest absolute Gasteiger partial charge is 0.573 e. The van der Waals surface area contributed by atoms with E-state index in [1.165, 1.54) is 12.1 Å². The molecule has 2 aromatic carbocycles. The fourth-order valence-corrected chi connectivity index (χ4v) is 3.76. The van der Waals surface area contributed by atoms with Crippen LogP contribution < -0.4 is 15.0 Å². The van der Waals surface area contributed by atoms with Gasteiger partial charge in [0.05, 0.1) is 5.69 Å². The first-order chi connectivity index (χ1) is 15.3. The minimum Gasteiger partial charge on any atom is -0.406 e. The molecule has 0 saturated carbocycles. The maximum absolute atomic E-state index is 12.5. The van der Waals surface area contributed by atoms with E-state index < -0.39 is 6.36 Å². The van der Waals surface area contributed by atoms with Crippen molar-refractivity contribution in [2.24, 2.45) is 0 Å². The molecular formula is C22H20ClF3N4O2. The van der Waals surface area contributed by atoms with Crippen LogP contribution in [0.1, 0.15) is 23.2 Å². The highest BCUT2D eigenvalue weighted by Gasteiger charge is 2.31. The summed E-state index contributed by atoms with van der Waals surface area (Å²) in [4.78, 5) is 14.6. The topological polar surface area (TPSA) is 70.2 Å². The first kappa shape index (κ1) is 22.0. The first-order valence-electron chi connectivity index (χ1n) is 10.00. The number of aromatic amines is 1. The highest BCUT2D eigenvalue weighted by atomic mass is 35.5. The number of aromatic nitrogens is 2. The van der Waals surface area contributed by atoms with Crippen LogP contribution in [-0.4, -0.2) is 41.6 Å². The third-order valence-electron chi connectivity index (χ3n) is 5.15. The van der Waals surface area contributed by atoms with Gasteiger partial charge in [0.2, 0.25) is 0 Å². The summed E-state index contributed by atoms with van der Waals surface area (Å²) in [6, 6.07) is 14.1. The van der Waals surface area contributed by atoms with Crippen LogP contribution in [0.4, 0.5) is 19.0 Å². The number of carbonyl (C=O) groups excluding carboxylic acids is 1. The van der Waals surface area contributed by atoms with Gasteiger partial charge in [-0.1, -0.05) is 23.7 Å². The number of nitrogens with one attached hydrogen (secondary N) is 2. The molecule has 0 aliphatic carbocycles. The number of hydrogen-bond donors (Lipinski definition) is 2. The molecule has 10 heteroatoms. The molecule has 1 unspecified atom stereocenters. The molecule has 0 spiro atoms. The summed E-state index contributed by atoms with van der Waals surface area (Å²) < 4.78 is 40.7. The maximum atomic E-state index is 12.5. The molecule has 168 valence electrons. The van der Waals surface area contributed by atoms with Crippen molar-refractivity contribution < 1.29 is 22.7 Å². The van der Waals surface area contributed by atoms with Gasteiger partial charge in [0, 0.05) is 35.8 Å². The van der Waals surface area contributed by atoms with Crippen LogP contribution in [0.3, 0.4) is 0 Å². The predicted molar refractivity (Wildman–Crippen MR) is 115 cm³/mol. The number of rotatable bonds is 5. The normalized spacial score (nSPS) is 16.6. The molecule has 4 rings (SSSR count). The minimum atomic E-state index is -4.77. The van der Waals surface area contributed by atoms with Crippen molar-refractivity contribution in [3.8, 4) is 17.0 Å². The van der Waals surface area contributed by atoms with E-state index in [1.807, 2.05) is 30.3 Å². The highest BCUT2D eigenvalue weighted by Crippen LogP contribution is 2.26. The summed E-state index contributed by atoms with van der Waals surface area (Å²) >= 11 is 5.94. The van der Waals surface area contributed by atoms with E-state index in [4.69, 9.17) is 11.6 Å². The molecule has 6 nitrogen and oxygen atoms in total. The molecule has 1 saturated heterocycles. The Morgan fingerprint density at radius 3 is 2.56 bits per heavy atom. The van der Waals surface area contributed by atoms with Crippen LogP contribution in [0.25, 0.3) is 11.3 Å². The fourth-order valence-electron chi connectivity index (χ4n) is 3.63. The van der Waals surface area contributed by atoms with E-state index in [2.05, 4.69) is 25.2 Å². The summed E-state index contributed by atoms with van der Waals surface area (Å²) in [6.07, 6.45) is -3.10. The van der Waals surface area contributed by atoms with E-state index in [0.29, 0.717) is 11.6 Å². The lowest BCUT2D eigenvalue weighted by molar-refractivity contribution is -0.274. The van der Waals surface area contributed by atoms with E-state index in [0.717, 1.165) is 48.6 Å². The van der Waals surface area contributed by atoms with Gasteiger partial charge in [-0.3, -0.25) is 9.89 Å². The molecule has 0 radical (unpaired) electrons. The second-order valence-corrected chi connectivity index (χ2v) is 7.91. The van der Waals surface area contributed by atoms with Gasteiger partial charge in [0.15, 0.2) is 5.82 Å². The second-order valence-electron chi connectivity index (χ2n) is 7.48. The Morgan fingerprint density at radius 1 is 1.16 bits per heavy atom. The minimum absolute atomic E-state index is 0.113. The SMILES string of the molecule is O=C(NC1CCCN(c2cc(-c3ccc(Cl)cc3)[nH]n2)C1)c1ccc(OC(F)(F)F)cc1. The zero-order valence-electron chi connectivity index (χ0n) is 16.8. The van der Waals surface area contributed by atoms with Crippen LogP contribution in [-0.2, 0) is 0 Å². The van der Waals surface area contributed by atoms with Crippen molar-refractivity contribution in [2.75, 3.05) is 18.0 Å². The third-order valence-corrected chi connectivity index (χ3v) is 5.40. The van der Waals surface area contributed by atoms with Crippen molar-refractivity contribution in [1.82, 2.24) is 15.5 Å². The van der Waals surface area contributed by atoms with Crippen LogP contribution >= 0.6 is 11.6 Å². The number of amides is 1. The van der Waals surface area contributed by atoms with Gasteiger partial charge < -0.3 is 15.0 Å². The number of ether oxygens (including phenoxy) is 1. The van der Waals surface area contributed by atoms with E-state index >= 15 is 0 Å². The number of alkyl halides is 3. The molecule has 1 aliphatic heterocycles. The molecule has 1 amide bonds. The Labute approximate surface area is 187 Å². The maximum Gasteiger partial charge on any atom is 0.573 e. The second kappa shape index (κ2) is 9.12. The van der Waals surface area contributed by atoms with Gasteiger partial charge in [-0.2, -0.15) is 5.10 Å². The fraction of sp³-hybridized carbons (Fsp3) is 0.273. The Morgan fingerprint density at radius 2 is 1.88 bits per heavy atom. The van der Waals surface area contributed by atoms with Crippen molar-refractivity contribution >= 4 is 23.3 Å². The van der Waals surface area contributed by atoms with E-state index in [1.54, 1.807) is 0 Å². The number of hydrogen-bond acceptors (Lipinski definition) is 4. The third kappa shape index (κ3) is 5.53. The van der Waals surface area contributed by atoms with Gasteiger partial charge in [0.1, 0.15) is 5.75 Å². The molecular weight excluding hydrogens is 445 g/mol. The number of anilines is 1. The first-order valence-corrected chi connectivity index (χ1v) is 10.4. The summed E-state index contributed by atoms with van der Waals surface area (Å²) in [5.41, 5.74) is 2.10. The van der Waals surface area contributed by atoms with Gasteiger partial charge in [-0.05, 0) is 54.8 Å². The van der Waals surface area contributed by atoms with Gasteiger partial charge in [-0.25, -0.2) is 0 Å². The van der Waals surface area contributed by atoms with Crippen molar-refractivity contribution in [3.63, 3.8) is 0 Å². The smallest absolute Gasteiger partial charge is 0.406 e. The molecule has 1 fully saturated rings. The Balaban J connectivity index is 1.37. The van der Waals surface area contributed by atoms with Crippen LogP contribution in [0.2, 0.25) is 5.02 Å². The Hall–Kier alpha value is -3.20. The average molecular weight is 465 g/mol. The van der Waals surface area contributed by atoms with Crippen LogP contribution in [0.5, 0.6) is 5.75 Å². The van der Waals surface area contributed by atoms with Crippen molar-refractivity contribution in [2.45, 2.75) is 25.2 Å². The number of halogens is 4. The standard InChI is InChI=1S/C22H20ClF3N4O2/c23-16-7-3-14(4-8-16)19-12-20(29-28-19)30-11-1-2-17(13-30)27-21(31)15-5-9-18(10-6-15)32-22(24,25)26/h3-10,12,17H,1-2,11,13H2,(H,27,31)(H,28,29). The van der Waals surface area contributed by atoms with E-state index in [9.17, 15) is 18.0 Å². The van der Waals surface area contributed by atoms with Gasteiger partial charge in [0.25, 0.3) is 5.91 Å². The van der Waals surface area contributed by atoms with Gasteiger partial charge >= 0.3 is 6.36 Å². The van der Waals surface area contributed by atoms with Crippen molar-refractivity contribution in [3.05, 3.63) is 65.2 Å². The summed E-state index contributed by atoms with van der Waals surface area (Å²) in [6.45, 7) is 1.38. The summed E-state index contributed by atoms with van der Waals surface area (Å²) in [5.74, 6) is 0.0646. The number of piperidine rings is 1. The molecule has 0 bridgehead atoms. The Bertz CT molecular complexity index is 1070. The molecule has 1 atom stereocenters. The lowest BCUT2D eigenvalue weighted by Crippen LogP contribution is -2.48. The number of H-pyrrole nitrogens is 1. The number of nitrogens with zero attached hydrogens (tertiary/aromatic N) is 2. The summed E-state index contributed by atoms with van der Waals surface area (Å²) in [5, 5.41) is 11.0. The lowest BCUT2D eigenvalue weighted by Gasteiger charge is -2.33. The Kier molecular flexibility index (Phi) is 6.27.